The number of aromatic hydroxyl groups is 1. The summed E-state index contributed by atoms with van der Waals surface area (Å²) >= 11 is 0. The molecule has 6 rings (SSSR count). The number of aromatic nitrogens is 4. The number of piperazine rings is 1. The van der Waals surface area contributed by atoms with Crippen molar-refractivity contribution in [2.45, 2.75) is 18.2 Å². The second-order valence-electron chi connectivity index (χ2n) is 9.54. The number of benzene rings is 2. The van der Waals surface area contributed by atoms with Gasteiger partial charge in [0.25, 0.3) is 5.89 Å². The fourth-order valence-corrected chi connectivity index (χ4v) is 6.12. The van der Waals surface area contributed by atoms with Crippen LogP contribution < -0.4 is 4.90 Å². The minimum atomic E-state index is -3.63. The summed E-state index contributed by atoms with van der Waals surface area (Å²) in [4.78, 5) is 11.3. The molecule has 4 heterocycles. The predicted octanol–water partition coefficient (Wildman–Crippen LogP) is 3.93. The van der Waals surface area contributed by atoms with Crippen molar-refractivity contribution in [2.75, 3.05) is 31.1 Å². The first-order valence-corrected chi connectivity index (χ1v) is 14.1. The molecule has 0 aliphatic carbocycles. The Morgan fingerprint density at radius 1 is 0.975 bits per heavy atom. The van der Waals surface area contributed by atoms with Crippen molar-refractivity contribution in [2.24, 2.45) is 0 Å². The Bertz CT molecular complexity index is 1780. The maximum Gasteiger partial charge on any atom is 0.270 e. The van der Waals surface area contributed by atoms with Gasteiger partial charge in [-0.2, -0.15) is 4.31 Å². The molecule has 1 N–H and O–H groups in total. The number of nitrogens with zero attached hydrogens (tertiary/aromatic N) is 6. The number of fused-ring (bicyclic) bond motifs is 1. The largest absolute Gasteiger partial charge is 0.504 e. The van der Waals surface area contributed by atoms with Gasteiger partial charge < -0.3 is 14.4 Å². The van der Waals surface area contributed by atoms with Crippen molar-refractivity contribution in [1.82, 2.24) is 24.5 Å². The van der Waals surface area contributed by atoms with Crippen molar-refractivity contribution in [1.29, 1.82) is 0 Å². The Kier molecular flexibility index (Phi) is 6.64. The third-order valence-electron chi connectivity index (χ3n) is 6.85. The van der Waals surface area contributed by atoms with Crippen LogP contribution in [0.25, 0.3) is 22.5 Å². The highest BCUT2D eigenvalue weighted by molar-refractivity contribution is 7.89. The second-order valence-corrected chi connectivity index (χ2v) is 11.5. The van der Waals surface area contributed by atoms with Crippen LogP contribution in [0.3, 0.4) is 0 Å². The quantitative estimate of drug-likeness (QED) is 0.329. The van der Waals surface area contributed by atoms with Crippen LogP contribution in [-0.4, -0.2) is 64.2 Å². The highest BCUT2D eigenvalue weighted by Crippen LogP contribution is 2.38. The van der Waals surface area contributed by atoms with Crippen LogP contribution in [0.2, 0.25) is 0 Å². The number of sulfonamides is 1. The molecule has 1 aliphatic rings. The van der Waals surface area contributed by atoms with Crippen LogP contribution in [0.15, 0.2) is 76.2 Å². The summed E-state index contributed by atoms with van der Waals surface area (Å²) in [5, 5.41) is 19.8. The molecular weight excluding hydrogens is 535 g/mol. The van der Waals surface area contributed by atoms with Crippen molar-refractivity contribution >= 4 is 26.7 Å². The van der Waals surface area contributed by atoms with Gasteiger partial charge in [0.1, 0.15) is 17.2 Å². The van der Waals surface area contributed by atoms with Gasteiger partial charge in [-0.1, -0.05) is 29.8 Å². The van der Waals surface area contributed by atoms with Crippen molar-refractivity contribution in [3.63, 3.8) is 0 Å². The van der Waals surface area contributed by atoms with Gasteiger partial charge in [0.15, 0.2) is 11.4 Å². The number of aryl methyl sites for hydroxylation is 1. The van der Waals surface area contributed by atoms with E-state index in [1.54, 1.807) is 54.7 Å². The smallest absolute Gasteiger partial charge is 0.270 e. The van der Waals surface area contributed by atoms with Gasteiger partial charge in [-0.3, -0.25) is 4.98 Å². The van der Waals surface area contributed by atoms with E-state index in [0.717, 1.165) is 11.1 Å². The van der Waals surface area contributed by atoms with E-state index in [1.807, 2.05) is 11.8 Å². The maximum atomic E-state index is 13.3. The normalized spacial score (nSPS) is 14.6. The van der Waals surface area contributed by atoms with E-state index < -0.39 is 10.0 Å². The fourth-order valence-electron chi connectivity index (χ4n) is 4.69. The molecule has 1 aliphatic heterocycles. The first-order chi connectivity index (χ1) is 19.3. The van der Waals surface area contributed by atoms with Gasteiger partial charge in [0, 0.05) is 37.8 Å². The van der Waals surface area contributed by atoms with E-state index in [9.17, 15) is 17.9 Å². The third-order valence-corrected chi connectivity index (χ3v) is 8.76. The summed E-state index contributed by atoms with van der Waals surface area (Å²) in [5.41, 5.74) is 2.17. The number of halogens is 1. The summed E-state index contributed by atoms with van der Waals surface area (Å²) in [6.45, 7) is 3.20. The highest BCUT2D eigenvalue weighted by Gasteiger charge is 2.31. The number of hydrogen-bond donors (Lipinski definition) is 1. The molecule has 40 heavy (non-hydrogen) atoms. The molecular formula is C28H25FN6O4S. The zero-order valence-corrected chi connectivity index (χ0v) is 22.3. The van der Waals surface area contributed by atoms with Gasteiger partial charge in [-0.05, 0) is 48.9 Å². The van der Waals surface area contributed by atoms with Crippen molar-refractivity contribution in [3.05, 3.63) is 89.7 Å². The predicted molar refractivity (Wildman–Crippen MR) is 146 cm³/mol. The zero-order chi connectivity index (χ0) is 27.9. The Morgan fingerprint density at radius 3 is 2.42 bits per heavy atom. The summed E-state index contributed by atoms with van der Waals surface area (Å²) in [6, 6.07) is 16.3. The molecule has 0 saturated carbocycles. The second kappa shape index (κ2) is 10.3. The average molecular weight is 561 g/mol. The van der Waals surface area contributed by atoms with Crippen molar-refractivity contribution < 1.29 is 22.3 Å². The summed E-state index contributed by atoms with van der Waals surface area (Å²) in [6.07, 6.45) is 1.85. The molecule has 0 atom stereocenters. The van der Waals surface area contributed by atoms with Gasteiger partial charge in [-0.15, -0.1) is 10.2 Å². The maximum absolute atomic E-state index is 13.3. The molecule has 2 aromatic carbocycles. The number of pyridine rings is 2. The van der Waals surface area contributed by atoms with Crippen LogP contribution in [0, 0.1) is 12.7 Å². The zero-order valence-electron chi connectivity index (χ0n) is 21.5. The number of hydrogen-bond acceptors (Lipinski definition) is 9. The third kappa shape index (κ3) is 4.87. The van der Waals surface area contributed by atoms with Gasteiger partial charge in [0.05, 0.1) is 11.3 Å². The van der Waals surface area contributed by atoms with E-state index in [0.29, 0.717) is 29.8 Å². The van der Waals surface area contributed by atoms with Gasteiger partial charge in [0.2, 0.25) is 15.9 Å². The number of anilines is 1. The molecule has 10 nitrogen and oxygen atoms in total. The molecule has 3 aromatic heterocycles. The lowest BCUT2D eigenvalue weighted by Gasteiger charge is -2.35. The molecule has 0 radical (unpaired) electrons. The topological polar surface area (TPSA) is 126 Å². The van der Waals surface area contributed by atoms with Crippen molar-refractivity contribution in [3.8, 4) is 17.3 Å². The van der Waals surface area contributed by atoms with E-state index in [4.69, 9.17) is 9.40 Å². The lowest BCUT2D eigenvalue weighted by molar-refractivity contribution is 0.384. The van der Waals surface area contributed by atoms with Crippen LogP contribution in [0.5, 0.6) is 5.75 Å². The van der Waals surface area contributed by atoms with Crippen LogP contribution >= 0.6 is 0 Å². The molecule has 5 aromatic rings. The summed E-state index contributed by atoms with van der Waals surface area (Å²) in [5.74, 6) is 0.289. The van der Waals surface area contributed by atoms with Gasteiger partial charge in [-0.25, -0.2) is 17.8 Å². The Hall–Kier alpha value is -4.42. The average Bonchev–Trinajstić information content (AvgIpc) is 3.43. The van der Waals surface area contributed by atoms with Crippen LogP contribution in [0.1, 0.15) is 17.0 Å². The Labute approximate surface area is 229 Å². The first-order valence-electron chi connectivity index (χ1n) is 12.7. The Morgan fingerprint density at radius 2 is 1.70 bits per heavy atom. The first kappa shape index (κ1) is 25.8. The highest BCUT2D eigenvalue weighted by atomic mass is 32.2. The summed E-state index contributed by atoms with van der Waals surface area (Å²) < 4.78 is 46.9. The van der Waals surface area contributed by atoms with E-state index >= 15 is 0 Å². The lowest BCUT2D eigenvalue weighted by atomic mass is 10.1. The lowest BCUT2D eigenvalue weighted by Crippen LogP contribution is -2.49. The monoisotopic (exact) mass is 560 g/mol. The summed E-state index contributed by atoms with van der Waals surface area (Å²) in [7, 11) is -3.63. The SMILES string of the molecule is Cc1ccc(S(=O)(=O)N2CCN(c3nc(-c4nnc(Cc5ccc(F)cc5)o4)c(O)c4ncccc34)CC2)cc1. The van der Waals surface area contributed by atoms with Crippen LogP contribution in [0.4, 0.5) is 10.2 Å². The van der Waals surface area contributed by atoms with Gasteiger partial charge >= 0.3 is 0 Å². The molecule has 0 bridgehead atoms. The fraction of sp³-hybridized carbons (Fsp3) is 0.214. The van der Waals surface area contributed by atoms with Crippen LogP contribution in [-0.2, 0) is 16.4 Å². The standard InChI is InChI=1S/C28H25FN6O4S/c1-18-4-10-21(11-5-18)40(37,38)35-15-13-34(14-16-35)27-22-3-2-12-30-24(22)26(36)25(31-27)28-33-32-23(39-28)17-19-6-8-20(29)9-7-19/h2-12,36H,13-17H2,1H3. The molecule has 1 fully saturated rings. The Balaban J connectivity index is 1.29. The molecule has 0 unspecified atom stereocenters. The molecule has 1 saturated heterocycles. The molecule has 0 spiro atoms. The molecule has 0 amide bonds. The minimum Gasteiger partial charge on any atom is -0.504 e. The number of rotatable bonds is 6. The minimum absolute atomic E-state index is 0.0176. The van der Waals surface area contributed by atoms with E-state index in [1.165, 1.54) is 16.4 Å². The van der Waals surface area contributed by atoms with E-state index in [-0.39, 0.29) is 53.4 Å². The van der Waals surface area contributed by atoms with E-state index in [2.05, 4.69) is 15.2 Å². The molecule has 204 valence electrons. The molecule has 12 heteroatoms.